The molecule has 0 aromatic heterocycles. The van der Waals surface area contributed by atoms with E-state index < -0.39 is 0 Å². The summed E-state index contributed by atoms with van der Waals surface area (Å²) in [6.45, 7) is 4.97. The molecule has 0 radical (unpaired) electrons. The molecule has 1 saturated heterocycles. The summed E-state index contributed by atoms with van der Waals surface area (Å²) in [5, 5.41) is 0. The monoisotopic (exact) mass is 234 g/mol. The lowest BCUT2D eigenvalue weighted by atomic mass is 10.1. The fourth-order valence-corrected chi connectivity index (χ4v) is 2.49. The molecule has 1 aromatic rings. The molecular weight excluding hydrogens is 210 g/mol. The summed E-state index contributed by atoms with van der Waals surface area (Å²) in [5.41, 5.74) is 0. The second kappa shape index (κ2) is 7.33. The Morgan fingerprint density at radius 1 is 0.941 bits per heavy atom. The first-order chi connectivity index (χ1) is 8.45. The van der Waals surface area contributed by atoms with E-state index >= 15 is 0 Å². The van der Waals surface area contributed by atoms with Crippen LogP contribution in [0, 0.1) is 0 Å². The van der Waals surface area contributed by atoms with E-state index in [1.807, 2.05) is 30.3 Å². The molecule has 0 amide bonds. The van der Waals surface area contributed by atoms with Crippen LogP contribution in [-0.2, 0) is 0 Å². The van der Waals surface area contributed by atoms with Gasteiger partial charge in [0.25, 0.3) is 0 Å². The topological polar surface area (TPSA) is 13.7 Å². The van der Waals surface area contributed by atoms with Crippen molar-refractivity contribution in [2.45, 2.75) is 32.1 Å². The number of benzene rings is 1. The van der Waals surface area contributed by atoms with Gasteiger partial charge in [0.05, 0.1) is 26.2 Å². The van der Waals surface area contributed by atoms with Gasteiger partial charge in [0.1, 0.15) is 5.75 Å². The van der Waals surface area contributed by atoms with Gasteiger partial charge < -0.3 is 9.64 Å². The Kier molecular flexibility index (Phi) is 5.37. The summed E-state index contributed by atoms with van der Waals surface area (Å²) in [5.74, 6) is 0.998. The highest BCUT2D eigenvalue weighted by Gasteiger charge is 2.12. The zero-order valence-corrected chi connectivity index (χ0v) is 10.7. The predicted molar refractivity (Wildman–Crippen MR) is 70.6 cm³/mol. The number of para-hydroxylation sites is 1. The van der Waals surface area contributed by atoms with Gasteiger partial charge in [-0.2, -0.15) is 0 Å². The van der Waals surface area contributed by atoms with Gasteiger partial charge >= 0.3 is 0 Å². The molecule has 0 unspecified atom stereocenters. The van der Waals surface area contributed by atoms with Crippen LogP contribution in [0.25, 0.3) is 0 Å². The third-order valence-electron chi connectivity index (χ3n) is 3.50. The van der Waals surface area contributed by atoms with Gasteiger partial charge in [-0.25, -0.2) is 0 Å². The number of hydrogen-bond acceptors (Lipinski definition) is 1. The molecule has 1 aromatic carbocycles. The number of hydrogen-bond donors (Lipinski definition) is 1. The van der Waals surface area contributed by atoms with Gasteiger partial charge in [-0.05, 0) is 44.2 Å². The van der Waals surface area contributed by atoms with Crippen LogP contribution in [0.2, 0.25) is 0 Å². The fourth-order valence-electron chi connectivity index (χ4n) is 2.49. The number of rotatable bonds is 6. The maximum Gasteiger partial charge on any atom is 0.119 e. The van der Waals surface area contributed by atoms with Crippen LogP contribution in [-0.4, -0.2) is 26.2 Å². The van der Waals surface area contributed by atoms with Gasteiger partial charge in [0, 0.05) is 0 Å². The van der Waals surface area contributed by atoms with Crippen molar-refractivity contribution < 1.29 is 9.64 Å². The van der Waals surface area contributed by atoms with Crippen LogP contribution in [0.4, 0.5) is 0 Å². The highest BCUT2D eigenvalue weighted by molar-refractivity contribution is 5.20. The van der Waals surface area contributed by atoms with E-state index in [0.717, 1.165) is 12.4 Å². The Bertz CT molecular complexity index is 293. The van der Waals surface area contributed by atoms with Crippen LogP contribution >= 0.6 is 0 Å². The minimum atomic E-state index is 0.858. The lowest BCUT2D eigenvalue weighted by Crippen LogP contribution is -3.12. The van der Waals surface area contributed by atoms with Crippen molar-refractivity contribution in [2.75, 3.05) is 26.2 Å². The van der Waals surface area contributed by atoms with Gasteiger partial charge in [0.2, 0.25) is 0 Å². The second-order valence-electron chi connectivity index (χ2n) is 4.93. The number of quaternary nitrogens is 1. The molecule has 1 N–H and O–H groups in total. The molecule has 94 valence electrons. The number of likely N-dealkylation sites (tertiary alicyclic amines) is 1. The van der Waals surface area contributed by atoms with E-state index in [2.05, 4.69) is 0 Å². The first-order valence-corrected chi connectivity index (χ1v) is 6.96. The average Bonchev–Trinajstić information content (AvgIpc) is 2.41. The molecule has 0 bridgehead atoms. The SMILES string of the molecule is c1ccc(OCCCC[NH+]2CCCCC2)cc1. The summed E-state index contributed by atoms with van der Waals surface area (Å²) in [6, 6.07) is 10.1. The Labute approximate surface area is 105 Å². The number of ether oxygens (including phenoxy) is 1. The van der Waals surface area contributed by atoms with Crippen molar-refractivity contribution in [2.24, 2.45) is 0 Å². The molecule has 0 atom stereocenters. The molecule has 17 heavy (non-hydrogen) atoms. The summed E-state index contributed by atoms with van der Waals surface area (Å²) in [7, 11) is 0. The van der Waals surface area contributed by atoms with Crippen molar-refractivity contribution in [3.05, 3.63) is 30.3 Å². The van der Waals surface area contributed by atoms with E-state index in [1.165, 1.54) is 51.7 Å². The standard InChI is InChI=1S/C15H23NO/c1-3-9-15(10-4-1)17-14-8-7-13-16-11-5-2-6-12-16/h1,3-4,9-10H,2,5-8,11-14H2/p+1. The van der Waals surface area contributed by atoms with Gasteiger partial charge in [-0.1, -0.05) is 18.2 Å². The van der Waals surface area contributed by atoms with Crippen LogP contribution in [0.3, 0.4) is 0 Å². The van der Waals surface area contributed by atoms with Crippen molar-refractivity contribution in [3.8, 4) is 5.75 Å². The van der Waals surface area contributed by atoms with Crippen LogP contribution in [0.5, 0.6) is 5.75 Å². The van der Waals surface area contributed by atoms with E-state index in [1.54, 1.807) is 4.90 Å². The Morgan fingerprint density at radius 3 is 2.47 bits per heavy atom. The minimum absolute atomic E-state index is 0.858. The molecule has 0 saturated carbocycles. The normalized spacial score (nSPS) is 16.9. The lowest BCUT2D eigenvalue weighted by molar-refractivity contribution is -0.905. The number of nitrogens with one attached hydrogen (secondary N) is 1. The van der Waals surface area contributed by atoms with E-state index in [0.29, 0.717) is 0 Å². The van der Waals surface area contributed by atoms with Crippen molar-refractivity contribution in [3.63, 3.8) is 0 Å². The molecule has 1 aliphatic heterocycles. The average molecular weight is 234 g/mol. The Morgan fingerprint density at radius 2 is 1.71 bits per heavy atom. The van der Waals surface area contributed by atoms with E-state index in [-0.39, 0.29) is 0 Å². The van der Waals surface area contributed by atoms with Crippen LogP contribution in [0.15, 0.2) is 30.3 Å². The molecule has 2 heteroatoms. The first kappa shape index (κ1) is 12.4. The molecule has 0 spiro atoms. The quantitative estimate of drug-likeness (QED) is 0.742. The third-order valence-corrected chi connectivity index (χ3v) is 3.50. The highest BCUT2D eigenvalue weighted by Crippen LogP contribution is 2.08. The lowest BCUT2D eigenvalue weighted by Gasteiger charge is -2.23. The minimum Gasteiger partial charge on any atom is -0.494 e. The van der Waals surface area contributed by atoms with Crippen molar-refractivity contribution >= 4 is 0 Å². The van der Waals surface area contributed by atoms with Crippen LogP contribution < -0.4 is 9.64 Å². The largest absolute Gasteiger partial charge is 0.494 e. The zero-order chi connectivity index (χ0) is 11.8. The summed E-state index contributed by atoms with van der Waals surface area (Å²) in [6.07, 6.45) is 6.77. The number of unbranched alkanes of at least 4 members (excludes halogenated alkanes) is 1. The fraction of sp³-hybridized carbons (Fsp3) is 0.600. The highest BCUT2D eigenvalue weighted by atomic mass is 16.5. The second-order valence-corrected chi connectivity index (χ2v) is 4.93. The first-order valence-electron chi connectivity index (χ1n) is 6.96. The summed E-state index contributed by atoms with van der Waals surface area (Å²) in [4.78, 5) is 1.80. The number of piperidine rings is 1. The maximum atomic E-state index is 5.69. The van der Waals surface area contributed by atoms with E-state index in [9.17, 15) is 0 Å². The van der Waals surface area contributed by atoms with Gasteiger partial charge in [0.15, 0.2) is 0 Å². The van der Waals surface area contributed by atoms with Gasteiger partial charge in [-0.3, -0.25) is 0 Å². The molecule has 2 nitrogen and oxygen atoms in total. The summed E-state index contributed by atoms with van der Waals surface area (Å²) < 4.78 is 5.69. The molecule has 1 fully saturated rings. The predicted octanol–water partition coefficient (Wildman–Crippen LogP) is 1.91. The smallest absolute Gasteiger partial charge is 0.119 e. The van der Waals surface area contributed by atoms with Gasteiger partial charge in [-0.15, -0.1) is 0 Å². The van der Waals surface area contributed by atoms with E-state index in [4.69, 9.17) is 4.74 Å². The zero-order valence-electron chi connectivity index (χ0n) is 10.7. The molecule has 1 aliphatic rings. The Hall–Kier alpha value is -1.02. The molecule has 1 heterocycles. The van der Waals surface area contributed by atoms with Crippen molar-refractivity contribution in [1.82, 2.24) is 0 Å². The molecule has 0 aliphatic carbocycles. The molecular formula is C15H24NO+. The molecule has 2 rings (SSSR count). The third kappa shape index (κ3) is 4.78. The Balaban J connectivity index is 1.51. The summed E-state index contributed by atoms with van der Waals surface area (Å²) >= 11 is 0. The maximum absolute atomic E-state index is 5.69. The van der Waals surface area contributed by atoms with Crippen molar-refractivity contribution in [1.29, 1.82) is 0 Å². The van der Waals surface area contributed by atoms with Crippen LogP contribution in [0.1, 0.15) is 32.1 Å².